The fourth-order valence-electron chi connectivity index (χ4n) is 4.46. The minimum Gasteiger partial charge on any atom is -0.507 e. The normalized spacial score (nSPS) is 25.9. The Bertz CT molecular complexity index is 1020. The first-order valence-electron chi connectivity index (χ1n) is 10.2. The summed E-state index contributed by atoms with van der Waals surface area (Å²) in [5, 5.41) is 28.2. The van der Waals surface area contributed by atoms with E-state index in [1.165, 1.54) is 11.3 Å². The number of aryl methyl sites for hydroxylation is 1. The van der Waals surface area contributed by atoms with Crippen LogP contribution < -0.4 is 10.1 Å². The SMILES string of the molecule is COC1CC2CC(Oc3nnc(-c4ccc(-n5ccc(C)n5)cc4O)s3)CC(C1)N2. The third-order valence-corrected chi connectivity index (χ3v) is 6.71. The van der Waals surface area contributed by atoms with Crippen molar-refractivity contribution in [1.29, 1.82) is 0 Å². The summed E-state index contributed by atoms with van der Waals surface area (Å²) in [6.07, 6.45) is 6.24. The Kier molecular flexibility index (Phi) is 5.18. The van der Waals surface area contributed by atoms with Crippen LogP contribution in [0.4, 0.5) is 0 Å². The molecular formula is C21H25N5O3S. The van der Waals surface area contributed by atoms with Crippen molar-refractivity contribution in [3.8, 4) is 27.2 Å². The molecule has 0 aliphatic carbocycles. The molecule has 2 aliphatic rings. The number of aromatic nitrogens is 4. The number of rotatable bonds is 5. The lowest BCUT2D eigenvalue weighted by Crippen LogP contribution is -2.55. The van der Waals surface area contributed by atoms with Crippen LogP contribution in [-0.2, 0) is 4.74 Å². The van der Waals surface area contributed by atoms with Crippen molar-refractivity contribution in [3.63, 3.8) is 0 Å². The van der Waals surface area contributed by atoms with Crippen LogP contribution in [0.5, 0.6) is 10.9 Å². The Morgan fingerprint density at radius 2 is 1.87 bits per heavy atom. The minimum atomic E-state index is 0.124. The summed E-state index contributed by atoms with van der Waals surface area (Å²) >= 11 is 1.36. The Morgan fingerprint density at radius 1 is 1.10 bits per heavy atom. The van der Waals surface area contributed by atoms with Crippen LogP contribution in [0.25, 0.3) is 16.3 Å². The fraction of sp³-hybridized carbons (Fsp3) is 0.476. The molecule has 1 aromatic carbocycles. The summed E-state index contributed by atoms with van der Waals surface area (Å²) in [5.74, 6) is 0.144. The molecule has 0 saturated carbocycles. The number of phenolic OH excluding ortho intramolecular Hbond substituents is 1. The molecule has 2 aromatic heterocycles. The molecule has 9 heteroatoms. The third kappa shape index (κ3) is 3.92. The van der Waals surface area contributed by atoms with Gasteiger partial charge in [0.25, 0.3) is 5.19 Å². The summed E-state index contributed by atoms with van der Waals surface area (Å²) < 4.78 is 13.5. The number of ether oxygens (including phenoxy) is 2. The van der Waals surface area contributed by atoms with Gasteiger partial charge >= 0.3 is 0 Å². The van der Waals surface area contributed by atoms with Gasteiger partial charge in [-0.1, -0.05) is 16.4 Å². The van der Waals surface area contributed by atoms with E-state index in [1.807, 2.05) is 31.3 Å². The van der Waals surface area contributed by atoms with Crippen LogP contribution >= 0.6 is 11.3 Å². The van der Waals surface area contributed by atoms with Crippen molar-refractivity contribution in [3.05, 3.63) is 36.2 Å². The van der Waals surface area contributed by atoms with Crippen LogP contribution in [0.15, 0.2) is 30.5 Å². The van der Waals surface area contributed by atoms with Crippen molar-refractivity contribution in [1.82, 2.24) is 25.3 Å². The van der Waals surface area contributed by atoms with Gasteiger partial charge in [-0.3, -0.25) is 0 Å². The van der Waals surface area contributed by atoms with Gasteiger partial charge in [-0.05, 0) is 50.8 Å². The molecule has 3 aromatic rings. The van der Waals surface area contributed by atoms with Gasteiger partial charge in [0.15, 0.2) is 5.01 Å². The van der Waals surface area contributed by atoms with Gasteiger partial charge in [-0.25, -0.2) is 4.68 Å². The van der Waals surface area contributed by atoms with Gasteiger partial charge < -0.3 is 19.9 Å². The predicted molar refractivity (Wildman–Crippen MR) is 113 cm³/mol. The molecule has 30 heavy (non-hydrogen) atoms. The van der Waals surface area contributed by atoms with Gasteiger partial charge in [-0.2, -0.15) is 5.10 Å². The molecule has 0 radical (unpaired) electrons. The molecule has 2 fully saturated rings. The predicted octanol–water partition coefficient (Wildman–Crippen LogP) is 3.08. The number of hydrogen-bond donors (Lipinski definition) is 2. The number of hydrogen-bond acceptors (Lipinski definition) is 8. The average molecular weight is 428 g/mol. The van der Waals surface area contributed by atoms with Gasteiger partial charge in [0.2, 0.25) is 0 Å². The highest BCUT2D eigenvalue weighted by atomic mass is 32.1. The summed E-state index contributed by atoms with van der Waals surface area (Å²) in [6, 6.07) is 8.19. The molecule has 2 unspecified atom stereocenters. The third-order valence-electron chi connectivity index (χ3n) is 5.87. The molecule has 2 atom stereocenters. The second-order valence-corrected chi connectivity index (χ2v) is 9.02. The van der Waals surface area contributed by atoms with Crippen LogP contribution in [0, 0.1) is 6.92 Å². The van der Waals surface area contributed by atoms with E-state index < -0.39 is 0 Å². The summed E-state index contributed by atoms with van der Waals surface area (Å²) in [5.41, 5.74) is 2.35. The number of methoxy groups -OCH3 is 1. The zero-order valence-corrected chi connectivity index (χ0v) is 17.8. The Hall–Kier alpha value is -2.49. The Morgan fingerprint density at radius 3 is 2.53 bits per heavy atom. The summed E-state index contributed by atoms with van der Waals surface area (Å²) in [7, 11) is 1.79. The van der Waals surface area contributed by atoms with Crippen molar-refractivity contribution < 1.29 is 14.6 Å². The first-order chi connectivity index (χ1) is 14.6. The van der Waals surface area contributed by atoms with Crippen LogP contribution in [0.1, 0.15) is 31.4 Å². The molecule has 158 valence electrons. The zero-order chi connectivity index (χ0) is 20.7. The van der Waals surface area contributed by atoms with E-state index in [9.17, 15) is 5.11 Å². The maximum atomic E-state index is 10.5. The summed E-state index contributed by atoms with van der Waals surface area (Å²) in [4.78, 5) is 0. The van der Waals surface area contributed by atoms with Gasteiger partial charge in [0.1, 0.15) is 11.9 Å². The van der Waals surface area contributed by atoms with E-state index >= 15 is 0 Å². The van der Waals surface area contributed by atoms with E-state index in [0.29, 0.717) is 34.0 Å². The second-order valence-electron chi connectivity index (χ2n) is 8.08. The van der Waals surface area contributed by atoms with E-state index in [1.54, 1.807) is 17.9 Å². The number of fused-ring (bicyclic) bond motifs is 2. The number of aromatic hydroxyl groups is 1. The molecule has 0 amide bonds. The lowest BCUT2D eigenvalue weighted by Gasteiger charge is -2.42. The van der Waals surface area contributed by atoms with Crippen molar-refractivity contribution in [2.75, 3.05) is 7.11 Å². The maximum Gasteiger partial charge on any atom is 0.294 e. The highest BCUT2D eigenvalue weighted by Crippen LogP contribution is 2.36. The van der Waals surface area contributed by atoms with Crippen LogP contribution in [-0.4, -0.2) is 56.5 Å². The molecule has 2 aliphatic heterocycles. The highest BCUT2D eigenvalue weighted by molar-refractivity contribution is 7.16. The van der Waals surface area contributed by atoms with Crippen molar-refractivity contribution >= 4 is 11.3 Å². The van der Waals surface area contributed by atoms with Gasteiger partial charge in [0.05, 0.1) is 23.0 Å². The van der Waals surface area contributed by atoms with Gasteiger partial charge in [-0.15, -0.1) is 5.10 Å². The lowest BCUT2D eigenvalue weighted by atomic mass is 9.84. The number of nitrogens with one attached hydrogen (secondary N) is 1. The smallest absolute Gasteiger partial charge is 0.294 e. The number of benzene rings is 1. The molecule has 2 bridgehead atoms. The monoisotopic (exact) mass is 427 g/mol. The molecule has 0 spiro atoms. The van der Waals surface area contributed by atoms with Crippen LogP contribution in [0.3, 0.4) is 0 Å². The largest absolute Gasteiger partial charge is 0.507 e. The first-order valence-corrected chi connectivity index (χ1v) is 11.0. The molecular weight excluding hydrogens is 402 g/mol. The fourth-order valence-corrected chi connectivity index (χ4v) is 5.25. The zero-order valence-electron chi connectivity index (χ0n) is 17.0. The highest BCUT2D eigenvalue weighted by Gasteiger charge is 2.37. The molecule has 8 nitrogen and oxygen atoms in total. The van der Waals surface area contributed by atoms with E-state index in [2.05, 4.69) is 20.6 Å². The van der Waals surface area contributed by atoms with E-state index in [0.717, 1.165) is 37.1 Å². The van der Waals surface area contributed by atoms with Crippen LogP contribution in [0.2, 0.25) is 0 Å². The maximum absolute atomic E-state index is 10.5. The quantitative estimate of drug-likeness (QED) is 0.646. The number of piperidine rings is 2. The molecule has 4 heterocycles. The molecule has 2 saturated heterocycles. The topological polar surface area (TPSA) is 94.3 Å². The average Bonchev–Trinajstić information content (AvgIpc) is 3.36. The molecule has 2 N–H and O–H groups in total. The first kappa shape index (κ1) is 19.5. The number of nitrogens with zero attached hydrogens (tertiary/aromatic N) is 4. The minimum absolute atomic E-state index is 0.124. The standard InChI is InChI=1S/C21H25N5O3S/c1-12-5-6-26(25-12)15-3-4-18(19(27)11-15)20-23-24-21(30-20)29-17-9-13-7-16(28-2)8-14(10-17)22-13/h3-6,11,13-14,16-17,22,27H,7-10H2,1-2H3. The Balaban J connectivity index is 1.28. The Labute approximate surface area is 178 Å². The lowest BCUT2D eigenvalue weighted by molar-refractivity contribution is 0.00544. The molecule has 5 rings (SSSR count). The van der Waals surface area contributed by atoms with Gasteiger partial charge in [0, 0.05) is 31.5 Å². The number of phenols is 1. The van der Waals surface area contributed by atoms with Crippen molar-refractivity contribution in [2.24, 2.45) is 0 Å². The van der Waals surface area contributed by atoms with Crippen molar-refractivity contribution in [2.45, 2.75) is 56.9 Å². The van der Waals surface area contributed by atoms with E-state index in [-0.39, 0.29) is 11.9 Å². The second kappa shape index (κ2) is 7.98. The van der Waals surface area contributed by atoms with E-state index in [4.69, 9.17) is 9.47 Å². The summed E-state index contributed by atoms with van der Waals surface area (Å²) in [6.45, 7) is 1.93.